The number of amides is 1. The van der Waals surface area contributed by atoms with Gasteiger partial charge in [-0.05, 0) is 18.1 Å². The predicted molar refractivity (Wildman–Crippen MR) is 104 cm³/mol. The van der Waals surface area contributed by atoms with Crippen LogP contribution in [-0.2, 0) is 14.3 Å². The second-order valence-electron chi connectivity index (χ2n) is 6.67. The molecule has 0 aromatic heterocycles. The van der Waals surface area contributed by atoms with Crippen LogP contribution in [0, 0.1) is 5.92 Å². The van der Waals surface area contributed by atoms with Crippen LogP contribution in [0.25, 0.3) is 0 Å². The number of piperazine rings is 1. The molecular weight excluding hydrogens is 354 g/mol. The van der Waals surface area contributed by atoms with Gasteiger partial charge in [-0.15, -0.1) is 0 Å². The van der Waals surface area contributed by atoms with Gasteiger partial charge >= 0.3 is 5.97 Å². The first-order chi connectivity index (χ1) is 12.5. The Labute approximate surface area is 160 Å². The van der Waals surface area contributed by atoms with Gasteiger partial charge in [-0.1, -0.05) is 44.0 Å². The molecule has 144 valence electrons. The van der Waals surface area contributed by atoms with Gasteiger partial charge in [0.15, 0.2) is 0 Å². The van der Waals surface area contributed by atoms with Crippen LogP contribution in [0.5, 0.6) is 0 Å². The second-order valence-corrected chi connectivity index (χ2v) is 7.08. The highest BCUT2D eigenvalue weighted by Crippen LogP contribution is 2.25. The van der Waals surface area contributed by atoms with Crippen molar-refractivity contribution in [3.63, 3.8) is 0 Å². The number of hydrogen-bond acceptors (Lipinski definition) is 5. The lowest BCUT2D eigenvalue weighted by molar-refractivity contribution is -0.146. The Morgan fingerprint density at radius 1 is 1.23 bits per heavy atom. The van der Waals surface area contributed by atoms with E-state index in [9.17, 15) is 9.59 Å². The highest BCUT2D eigenvalue weighted by Gasteiger charge is 2.28. The number of carbonyl (C=O) groups excluding carboxylic acids is 2. The molecule has 0 radical (unpaired) electrons. The predicted octanol–water partition coefficient (Wildman–Crippen LogP) is 2.17. The van der Waals surface area contributed by atoms with E-state index in [2.05, 4.69) is 15.1 Å². The summed E-state index contributed by atoms with van der Waals surface area (Å²) in [7, 11) is 1.35. The molecule has 1 amide bonds. The smallest absolute Gasteiger partial charge is 0.328 e. The van der Waals surface area contributed by atoms with Gasteiger partial charge in [0.05, 0.1) is 24.4 Å². The number of hydrogen-bond donors (Lipinski definition) is 1. The minimum Gasteiger partial charge on any atom is -0.467 e. The van der Waals surface area contributed by atoms with Gasteiger partial charge in [-0.25, -0.2) is 4.79 Å². The van der Waals surface area contributed by atoms with Crippen LogP contribution in [0.1, 0.15) is 20.3 Å². The molecule has 1 aliphatic heterocycles. The van der Waals surface area contributed by atoms with Gasteiger partial charge < -0.3 is 15.0 Å². The molecule has 0 aliphatic carbocycles. The highest BCUT2D eigenvalue weighted by atomic mass is 35.5. The number of nitrogens with zero attached hydrogens (tertiary/aromatic N) is 2. The van der Waals surface area contributed by atoms with E-state index >= 15 is 0 Å². The molecule has 0 bridgehead atoms. The number of halogens is 1. The lowest BCUT2D eigenvalue weighted by Gasteiger charge is -2.36. The molecular formula is C19H28ClN3O3. The molecule has 1 aromatic rings. The van der Waals surface area contributed by atoms with Crippen molar-refractivity contribution in [2.24, 2.45) is 5.92 Å². The maximum atomic E-state index is 12.4. The largest absolute Gasteiger partial charge is 0.467 e. The minimum atomic E-state index is -0.595. The zero-order valence-electron chi connectivity index (χ0n) is 15.7. The van der Waals surface area contributed by atoms with E-state index in [0.29, 0.717) is 0 Å². The maximum absolute atomic E-state index is 12.4. The number of rotatable bonds is 7. The van der Waals surface area contributed by atoms with E-state index in [-0.39, 0.29) is 18.4 Å². The van der Waals surface area contributed by atoms with Gasteiger partial charge in [-0.3, -0.25) is 9.69 Å². The Morgan fingerprint density at radius 3 is 2.46 bits per heavy atom. The molecule has 1 saturated heterocycles. The molecule has 26 heavy (non-hydrogen) atoms. The molecule has 1 aromatic carbocycles. The van der Waals surface area contributed by atoms with Crippen molar-refractivity contribution in [2.75, 3.05) is 44.7 Å². The van der Waals surface area contributed by atoms with Gasteiger partial charge in [-0.2, -0.15) is 0 Å². The second kappa shape index (κ2) is 9.78. The number of nitrogens with one attached hydrogen (secondary N) is 1. The van der Waals surface area contributed by atoms with Crippen LogP contribution in [0.3, 0.4) is 0 Å². The van der Waals surface area contributed by atoms with Gasteiger partial charge in [0.1, 0.15) is 6.04 Å². The molecule has 0 saturated carbocycles. The lowest BCUT2D eigenvalue weighted by Crippen LogP contribution is -2.52. The zero-order chi connectivity index (χ0) is 19.1. The fraction of sp³-hybridized carbons (Fsp3) is 0.579. The number of methoxy groups -OCH3 is 1. The van der Waals surface area contributed by atoms with E-state index < -0.39 is 12.0 Å². The zero-order valence-corrected chi connectivity index (χ0v) is 16.5. The average Bonchev–Trinajstić information content (AvgIpc) is 2.66. The molecule has 0 spiro atoms. The van der Waals surface area contributed by atoms with E-state index in [1.165, 1.54) is 7.11 Å². The standard InChI is InChI=1S/C19H28ClN3O3/c1-4-14(2)18(19(25)26-3)21-17(24)13-22-9-11-23(12-10-22)16-8-6-5-7-15(16)20/h5-8,14,18H,4,9-13H2,1-3H3,(H,21,24). The number of para-hydroxylation sites is 1. The number of carbonyl (C=O) groups is 2. The van der Waals surface area contributed by atoms with Gasteiger partial charge in [0.2, 0.25) is 5.91 Å². The number of ether oxygens (including phenoxy) is 1. The van der Waals surface area contributed by atoms with E-state index in [1.54, 1.807) is 0 Å². The van der Waals surface area contributed by atoms with Gasteiger partial charge in [0.25, 0.3) is 0 Å². The van der Waals surface area contributed by atoms with Crippen LogP contribution in [0.4, 0.5) is 5.69 Å². The van der Waals surface area contributed by atoms with E-state index in [1.807, 2.05) is 38.1 Å². The Balaban J connectivity index is 1.85. The molecule has 7 heteroatoms. The van der Waals surface area contributed by atoms with Crippen molar-refractivity contribution in [3.8, 4) is 0 Å². The van der Waals surface area contributed by atoms with Crippen LogP contribution in [-0.4, -0.2) is 62.7 Å². The summed E-state index contributed by atoms with van der Waals surface area (Å²) < 4.78 is 4.81. The van der Waals surface area contributed by atoms with Crippen molar-refractivity contribution >= 4 is 29.2 Å². The maximum Gasteiger partial charge on any atom is 0.328 e. The first kappa shape index (κ1) is 20.5. The molecule has 1 heterocycles. The summed E-state index contributed by atoms with van der Waals surface area (Å²) in [5.74, 6) is -0.508. The Morgan fingerprint density at radius 2 is 1.88 bits per heavy atom. The molecule has 2 unspecified atom stereocenters. The summed E-state index contributed by atoms with van der Waals surface area (Å²) in [5, 5.41) is 3.57. The van der Waals surface area contributed by atoms with Crippen LogP contribution in [0.15, 0.2) is 24.3 Å². The lowest BCUT2D eigenvalue weighted by atomic mass is 9.99. The number of anilines is 1. The van der Waals surface area contributed by atoms with Crippen LogP contribution in [0.2, 0.25) is 5.02 Å². The van der Waals surface area contributed by atoms with Crippen molar-refractivity contribution in [1.29, 1.82) is 0 Å². The monoisotopic (exact) mass is 381 g/mol. The topological polar surface area (TPSA) is 61.9 Å². The Hall–Kier alpha value is -1.79. The molecule has 1 aliphatic rings. The molecule has 2 atom stereocenters. The Bertz CT molecular complexity index is 618. The fourth-order valence-electron chi connectivity index (χ4n) is 3.07. The quantitative estimate of drug-likeness (QED) is 0.733. The molecule has 1 fully saturated rings. The minimum absolute atomic E-state index is 0.0310. The highest BCUT2D eigenvalue weighted by molar-refractivity contribution is 6.33. The van der Waals surface area contributed by atoms with Crippen molar-refractivity contribution in [3.05, 3.63) is 29.3 Å². The van der Waals surface area contributed by atoms with Crippen molar-refractivity contribution in [2.45, 2.75) is 26.3 Å². The summed E-state index contributed by atoms with van der Waals surface area (Å²) in [5.41, 5.74) is 1.03. The van der Waals surface area contributed by atoms with E-state index in [0.717, 1.165) is 43.3 Å². The number of benzene rings is 1. The van der Waals surface area contributed by atoms with E-state index in [4.69, 9.17) is 16.3 Å². The normalized spacial score (nSPS) is 17.5. The van der Waals surface area contributed by atoms with Gasteiger partial charge in [0, 0.05) is 26.2 Å². The fourth-order valence-corrected chi connectivity index (χ4v) is 3.33. The number of esters is 1. The summed E-state index contributed by atoms with van der Waals surface area (Å²) >= 11 is 6.26. The van der Waals surface area contributed by atoms with Crippen LogP contribution >= 0.6 is 11.6 Å². The molecule has 2 rings (SSSR count). The first-order valence-corrected chi connectivity index (χ1v) is 9.43. The summed E-state index contributed by atoms with van der Waals surface area (Å²) in [4.78, 5) is 28.6. The molecule has 6 nitrogen and oxygen atoms in total. The molecule has 1 N–H and O–H groups in total. The summed E-state index contributed by atoms with van der Waals surface area (Å²) in [6.45, 7) is 7.35. The third kappa shape index (κ3) is 5.35. The average molecular weight is 382 g/mol. The summed E-state index contributed by atoms with van der Waals surface area (Å²) in [6, 6.07) is 7.20. The van der Waals surface area contributed by atoms with Crippen molar-refractivity contribution in [1.82, 2.24) is 10.2 Å². The van der Waals surface area contributed by atoms with Crippen LogP contribution < -0.4 is 10.2 Å². The van der Waals surface area contributed by atoms with Crippen molar-refractivity contribution < 1.29 is 14.3 Å². The summed E-state index contributed by atoms with van der Waals surface area (Å²) in [6.07, 6.45) is 0.788. The Kier molecular flexibility index (Phi) is 7.72. The SMILES string of the molecule is CCC(C)C(NC(=O)CN1CCN(c2ccccc2Cl)CC1)C(=O)OC. The third-order valence-corrected chi connectivity index (χ3v) is 5.24. The first-order valence-electron chi connectivity index (χ1n) is 9.05. The third-order valence-electron chi connectivity index (χ3n) is 4.92.